The summed E-state index contributed by atoms with van der Waals surface area (Å²) in [6, 6.07) is 16.4. The fraction of sp³-hybridized carbons (Fsp3) is 0.261. The van der Waals surface area contributed by atoms with Crippen molar-refractivity contribution in [3.8, 4) is 0 Å². The molecule has 1 aromatic heterocycles. The molecule has 0 radical (unpaired) electrons. The van der Waals surface area contributed by atoms with Crippen LogP contribution in [0.3, 0.4) is 0 Å². The molecule has 2 aromatic carbocycles. The maximum Gasteiger partial charge on any atom is 0.270 e. The van der Waals surface area contributed by atoms with E-state index >= 15 is 0 Å². The third kappa shape index (κ3) is 6.22. The number of hydrogen-bond acceptors (Lipinski definition) is 4. The first kappa shape index (κ1) is 21.6. The van der Waals surface area contributed by atoms with Crippen LogP contribution >= 0.6 is 11.3 Å². The Morgan fingerprint density at radius 2 is 1.80 bits per heavy atom. The van der Waals surface area contributed by atoms with Gasteiger partial charge in [0.25, 0.3) is 5.91 Å². The molecule has 1 heterocycles. The predicted molar refractivity (Wildman–Crippen MR) is 116 cm³/mol. The summed E-state index contributed by atoms with van der Waals surface area (Å²) in [5, 5.41) is 7.93. The Kier molecular flexibility index (Phi) is 7.68. The van der Waals surface area contributed by atoms with E-state index in [4.69, 9.17) is 0 Å². The Hall–Kier alpha value is -3.06. The minimum Gasteiger partial charge on any atom is -0.350 e. The van der Waals surface area contributed by atoms with Crippen molar-refractivity contribution < 1.29 is 14.0 Å². The third-order valence-electron chi connectivity index (χ3n) is 4.72. The van der Waals surface area contributed by atoms with Crippen molar-refractivity contribution in [2.24, 2.45) is 0 Å². The molecule has 0 saturated carbocycles. The summed E-state index contributed by atoms with van der Waals surface area (Å²) in [6.45, 7) is 2.62. The number of halogens is 1. The van der Waals surface area contributed by atoms with Gasteiger partial charge in [-0.15, -0.1) is 11.3 Å². The molecule has 0 unspecified atom stereocenters. The summed E-state index contributed by atoms with van der Waals surface area (Å²) in [7, 11) is 0. The van der Waals surface area contributed by atoms with Crippen LogP contribution in [0, 0.1) is 5.82 Å². The molecule has 0 saturated heterocycles. The topological polar surface area (TPSA) is 71.1 Å². The Morgan fingerprint density at radius 1 is 1.07 bits per heavy atom. The lowest BCUT2D eigenvalue weighted by atomic mass is 9.98. The Morgan fingerprint density at radius 3 is 2.57 bits per heavy atom. The molecule has 0 spiro atoms. The van der Waals surface area contributed by atoms with Crippen LogP contribution in [-0.2, 0) is 17.8 Å². The number of carbonyl (C=O) groups is 2. The van der Waals surface area contributed by atoms with Crippen molar-refractivity contribution in [1.29, 1.82) is 0 Å². The molecule has 0 aliphatic rings. The summed E-state index contributed by atoms with van der Waals surface area (Å²) in [5.74, 6) is -0.520. The van der Waals surface area contributed by atoms with Crippen molar-refractivity contribution in [3.63, 3.8) is 0 Å². The summed E-state index contributed by atoms with van der Waals surface area (Å²) in [5.41, 5.74) is 1.98. The van der Waals surface area contributed by atoms with Crippen molar-refractivity contribution in [3.05, 3.63) is 87.6 Å². The fourth-order valence-electron chi connectivity index (χ4n) is 3.02. The first-order valence-corrected chi connectivity index (χ1v) is 10.7. The van der Waals surface area contributed by atoms with Crippen molar-refractivity contribution in [2.75, 3.05) is 6.54 Å². The number of amides is 2. The van der Waals surface area contributed by atoms with Crippen LogP contribution in [0.4, 0.5) is 4.39 Å². The summed E-state index contributed by atoms with van der Waals surface area (Å²) in [4.78, 5) is 28.7. The lowest BCUT2D eigenvalue weighted by Crippen LogP contribution is -2.26. The molecule has 3 aromatic rings. The van der Waals surface area contributed by atoms with Crippen molar-refractivity contribution >= 4 is 23.2 Å². The number of hydrogen-bond donors (Lipinski definition) is 2. The molecule has 3 rings (SSSR count). The first-order chi connectivity index (χ1) is 14.5. The van der Waals surface area contributed by atoms with Gasteiger partial charge in [-0.25, -0.2) is 9.37 Å². The van der Waals surface area contributed by atoms with Gasteiger partial charge in [-0.3, -0.25) is 9.59 Å². The average molecular weight is 426 g/mol. The summed E-state index contributed by atoms with van der Waals surface area (Å²) in [6.07, 6.45) is 0.795. The second-order valence-electron chi connectivity index (χ2n) is 7.02. The molecule has 2 amide bonds. The Balaban J connectivity index is 1.42. The van der Waals surface area contributed by atoms with E-state index in [1.54, 1.807) is 23.6 Å². The lowest BCUT2D eigenvalue weighted by molar-refractivity contribution is -0.121. The molecule has 0 bridgehead atoms. The molecular formula is C23H24FN3O2S. The lowest BCUT2D eigenvalue weighted by Gasteiger charge is -2.11. The largest absolute Gasteiger partial charge is 0.350 e. The number of nitrogens with zero attached hydrogens (tertiary/aromatic N) is 1. The Bertz CT molecular complexity index is 991. The molecule has 30 heavy (non-hydrogen) atoms. The fourth-order valence-corrected chi connectivity index (χ4v) is 3.74. The van der Waals surface area contributed by atoms with E-state index in [1.807, 2.05) is 37.3 Å². The van der Waals surface area contributed by atoms with Gasteiger partial charge < -0.3 is 10.6 Å². The molecule has 0 fully saturated rings. The maximum absolute atomic E-state index is 13.6. The van der Waals surface area contributed by atoms with E-state index < -0.39 is 0 Å². The molecular weight excluding hydrogens is 401 g/mol. The van der Waals surface area contributed by atoms with E-state index in [0.29, 0.717) is 35.7 Å². The van der Waals surface area contributed by atoms with Gasteiger partial charge in [0.05, 0.1) is 6.54 Å². The first-order valence-electron chi connectivity index (χ1n) is 9.80. The number of rotatable bonds is 9. The van der Waals surface area contributed by atoms with Gasteiger partial charge in [-0.2, -0.15) is 0 Å². The van der Waals surface area contributed by atoms with Crippen LogP contribution in [0.2, 0.25) is 0 Å². The van der Waals surface area contributed by atoms with Gasteiger partial charge in [0, 0.05) is 18.3 Å². The highest BCUT2D eigenvalue weighted by Gasteiger charge is 2.13. The zero-order chi connectivity index (χ0) is 21.3. The summed E-state index contributed by atoms with van der Waals surface area (Å²) < 4.78 is 13.6. The molecule has 5 nitrogen and oxygen atoms in total. The van der Waals surface area contributed by atoms with Gasteiger partial charge in [0.2, 0.25) is 5.91 Å². The smallest absolute Gasteiger partial charge is 0.270 e. The van der Waals surface area contributed by atoms with Gasteiger partial charge in [-0.1, -0.05) is 55.5 Å². The van der Waals surface area contributed by atoms with Crippen LogP contribution in [0.1, 0.15) is 45.9 Å². The monoisotopic (exact) mass is 425 g/mol. The number of benzene rings is 2. The van der Waals surface area contributed by atoms with Crippen LogP contribution in [0.5, 0.6) is 0 Å². The van der Waals surface area contributed by atoms with E-state index in [9.17, 15) is 14.0 Å². The highest BCUT2D eigenvalue weighted by Crippen LogP contribution is 2.18. The zero-order valence-electron chi connectivity index (χ0n) is 16.7. The average Bonchev–Trinajstić information content (AvgIpc) is 3.23. The van der Waals surface area contributed by atoms with Gasteiger partial charge in [0.15, 0.2) is 0 Å². The molecule has 0 aliphatic heterocycles. The highest BCUT2D eigenvalue weighted by atomic mass is 32.1. The van der Waals surface area contributed by atoms with Crippen LogP contribution in [0.15, 0.2) is 60.0 Å². The second-order valence-corrected chi connectivity index (χ2v) is 7.96. The van der Waals surface area contributed by atoms with Gasteiger partial charge >= 0.3 is 0 Å². The standard InChI is InChI=1S/C23H24FN3O2S/c1-16(17-7-3-2-4-8-17)13-21(28)26-14-22-27-20(15-30-22)23(29)25-12-11-18-9-5-6-10-19(18)24/h2-10,15-16H,11-14H2,1H3,(H,25,29)(H,26,28)/t16-/m1/s1. The molecule has 156 valence electrons. The second kappa shape index (κ2) is 10.6. The molecule has 0 aliphatic carbocycles. The predicted octanol–water partition coefficient (Wildman–Crippen LogP) is 4.06. The normalized spacial score (nSPS) is 11.7. The van der Waals surface area contributed by atoms with Gasteiger partial charge in [-0.05, 0) is 29.5 Å². The van der Waals surface area contributed by atoms with Crippen LogP contribution < -0.4 is 10.6 Å². The van der Waals surface area contributed by atoms with E-state index in [0.717, 1.165) is 5.56 Å². The molecule has 1 atom stereocenters. The molecule has 7 heteroatoms. The van der Waals surface area contributed by atoms with E-state index in [1.165, 1.54) is 17.4 Å². The van der Waals surface area contributed by atoms with Crippen LogP contribution in [0.25, 0.3) is 0 Å². The SMILES string of the molecule is C[C@H](CC(=O)NCc1nc(C(=O)NCCc2ccccc2F)cs1)c1ccccc1. The highest BCUT2D eigenvalue weighted by molar-refractivity contribution is 7.09. The van der Waals surface area contributed by atoms with Crippen LogP contribution in [-0.4, -0.2) is 23.3 Å². The number of aromatic nitrogens is 1. The van der Waals surface area contributed by atoms with Crippen molar-refractivity contribution in [1.82, 2.24) is 15.6 Å². The molecule has 2 N–H and O–H groups in total. The quantitative estimate of drug-likeness (QED) is 0.543. The van der Waals surface area contributed by atoms with Crippen molar-refractivity contribution in [2.45, 2.75) is 32.2 Å². The zero-order valence-corrected chi connectivity index (χ0v) is 17.5. The minimum atomic E-state index is -0.308. The van der Waals surface area contributed by atoms with E-state index in [2.05, 4.69) is 15.6 Å². The third-order valence-corrected chi connectivity index (χ3v) is 5.57. The number of carbonyl (C=O) groups excluding carboxylic acids is 2. The maximum atomic E-state index is 13.6. The summed E-state index contributed by atoms with van der Waals surface area (Å²) >= 11 is 1.32. The Labute approximate surface area is 179 Å². The number of nitrogens with one attached hydrogen (secondary N) is 2. The van der Waals surface area contributed by atoms with Gasteiger partial charge in [0.1, 0.15) is 16.5 Å². The minimum absolute atomic E-state index is 0.0579. The van der Waals surface area contributed by atoms with E-state index in [-0.39, 0.29) is 30.1 Å². The number of thiazole rings is 1.